The second-order valence-electron chi connectivity index (χ2n) is 5.98. The summed E-state index contributed by atoms with van der Waals surface area (Å²) in [5, 5.41) is 3.93. The number of amides is 1. The lowest BCUT2D eigenvalue weighted by atomic mass is 10.1. The van der Waals surface area contributed by atoms with Crippen LogP contribution in [0.1, 0.15) is 35.9 Å². The number of aryl methyl sites for hydroxylation is 1. The van der Waals surface area contributed by atoms with Gasteiger partial charge in [-0.25, -0.2) is 0 Å². The molecular formula is C17H18N2O4. The minimum absolute atomic E-state index is 0.00212. The molecule has 4 rings (SSSR count). The summed E-state index contributed by atoms with van der Waals surface area (Å²) < 4.78 is 16.0. The van der Waals surface area contributed by atoms with Crippen molar-refractivity contribution in [2.45, 2.75) is 32.2 Å². The number of rotatable bonds is 3. The molecule has 0 saturated carbocycles. The van der Waals surface area contributed by atoms with Gasteiger partial charge in [0.25, 0.3) is 0 Å². The first-order valence-electron chi connectivity index (χ1n) is 7.82. The van der Waals surface area contributed by atoms with Crippen LogP contribution in [0.5, 0.6) is 11.5 Å². The number of carbonyl (C=O) groups is 1. The SMILES string of the molecule is Cc1cc([C@@H]2CCCN2C(=O)Cc2ccc3c(c2)OCO3)on1. The van der Waals surface area contributed by atoms with Gasteiger partial charge in [-0.3, -0.25) is 4.79 Å². The van der Waals surface area contributed by atoms with E-state index >= 15 is 0 Å². The van der Waals surface area contributed by atoms with Crippen molar-refractivity contribution in [1.29, 1.82) is 0 Å². The topological polar surface area (TPSA) is 64.8 Å². The molecular weight excluding hydrogens is 296 g/mol. The molecule has 1 fully saturated rings. The molecule has 0 N–H and O–H groups in total. The van der Waals surface area contributed by atoms with Gasteiger partial charge >= 0.3 is 0 Å². The number of ether oxygens (including phenoxy) is 2. The standard InChI is InChI=1S/C17H18N2O4/c1-11-7-15(23-18-11)13-3-2-6-19(13)17(20)9-12-4-5-14-16(8-12)22-10-21-14/h4-5,7-8,13H,2-3,6,9-10H2,1H3/t13-/m0/s1. The van der Waals surface area contributed by atoms with E-state index in [1.165, 1.54) is 0 Å². The first-order chi connectivity index (χ1) is 11.2. The molecule has 120 valence electrons. The Morgan fingerprint density at radius 3 is 3.00 bits per heavy atom. The second kappa shape index (κ2) is 5.61. The molecule has 2 aliphatic heterocycles. The van der Waals surface area contributed by atoms with Crippen LogP contribution in [-0.2, 0) is 11.2 Å². The summed E-state index contributed by atoms with van der Waals surface area (Å²) in [5.74, 6) is 2.32. The van der Waals surface area contributed by atoms with Crippen LogP contribution in [0.3, 0.4) is 0 Å². The number of hydrogen-bond acceptors (Lipinski definition) is 5. The average Bonchev–Trinajstić information content (AvgIpc) is 3.26. The Morgan fingerprint density at radius 1 is 1.30 bits per heavy atom. The fourth-order valence-electron chi connectivity index (χ4n) is 3.23. The number of carbonyl (C=O) groups excluding carboxylic acids is 1. The predicted octanol–water partition coefficient (Wildman–Crippen LogP) is 2.62. The molecule has 6 heteroatoms. The minimum atomic E-state index is -0.00212. The van der Waals surface area contributed by atoms with Crippen LogP contribution in [0.25, 0.3) is 0 Å². The van der Waals surface area contributed by atoms with Gasteiger partial charge in [0.1, 0.15) is 0 Å². The van der Waals surface area contributed by atoms with Crippen LogP contribution in [0, 0.1) is 6.92 Å². The van der Waals surface area contributed by atoms with Gasteiger partial charge in [0.15, 0.2) is 17.3 Å². The molecule has 0 bridgehead atoms. The molecule has 3 heterocycles. The fraction of sp³-hybridized carbons (Fsp3) is 0.412. The predicted molar refractivity (Wildman–Crippen MR) is 81.2 cm³/mol. The lowest BCUT2D eigenvalue weighted by Crippen LogP contribution is -2.31. The number of aromatic nitrogens is 1. The monoisotopic (exact) mass is 314 g/mol. The van der Waals surface area contributed by atoms with Crippen LogP contribution in [0.4, 0.5) is 0 Å². The number of likely N-dealkylation sites (tertiary alicyclic amines) is 1. The van der Waals surface area contributed by atoms with E-state index in [4.69, 9.17) is 14.0 Å². The molecule has 1 saturated heterocycles. The summed E-state index contributed by atoms with van der Waals surface area (Å²) in [5.41, 5.74) is 1.77. The zero-order valence-corrected chi connectivity index (χ0v) is 12.9. The fourth-order valence-corrected chi connectivity index (χ4v) is 3.23. The highest BCUT2D eigenvalue weighted by Crippen LogP contribution is 2.35. The van der Waals surface area contributed by atoms with E-state index in [1.807, 2.05) is 36.1 Å². The van der Waals surface area contributed by atoms with E-state index < -0.39 is 0 Å². The van der Waals surface area contributed by atoms with Crippen molar-refractivity contribution in [1.82, 2.24) is 10.1 Å². The molecule has 0 aliphatic carbocycles. The molecule has 1 aromatic heterocycles. The molecule has 2 aromatic rings. The van der Waals surface area contributed by atoms with Gasteiger partial charge in [0, 0.05) is 12.6 Å². The van der Waals surface area contributed by atoms with Gasteiger partial charge in [0.2, 0.25) is 12.7 Å². The quantitative estimate of drug-likeness (QED) is 0.871. The van der Waals surface area contributed by atoms with E-state index in [9.17, 15) is 4.79 Å². The molecule has 0 unspecified atom stereocenters. The Morgan fingerprint density at radius 2 is 2.17 bits per heavy atom. The lowest BCUT2D eigenvalue weighted by Gasteiger charge is -2.22. The maximum atomic E-state index is 12.7. The third kappa shape index (κ3) is 2.65. The van der Waals surface area contributed by atoms with Gasteiger partial charge < -0.3 is 18.9 Å². The lowest BCUT2D eigenvalue weighted by molar-refractivity contribution is -0.131. The zero-order valence-electron chi connectivity index (χ0n) is 12.9. The third-order valence-electron chi connectivity index (χ3n) is 4.34. The normalized spacial score (nSPS) is 19.3. The van der Waals surface area contributed by atoms with Crippen molar-refractivity contribution in [3.05, 3.63) is 41.3 Å². The summed E-state index contributed by atoms with van der Waals surface area (Å²) in [6.45, 7) is 2.89. The summed E-state index contributed by atoms with van der Waals surface area (Å²) in [7, 11) is 0. The van der Waals surface area contributed by atoms with Crippen molar-refractivity contribution in [2.75, 3.05) is 13.3 Å². The molecule has 6 nitrogen and oxygen atoms in total. The smallest absolute Gasteiger partial charge is 0.231 e. The average molecular weight is 314 g/mol. The highest BCUT2D eigenvalue weighted by molar-refractivity contribution is 5.79. The van der Waals surface area contributed by atoms with Crippen molar-refractivity contribution >= 4 is 5.91 Å². The first kappa shape index (κ1) is 14.1. The largest absolute Gasteiger partial charge is 0.454 e. The van der Waals surface area contributed by atoms with Crippen molar-refractivity contribution in [2.24, 2.45) is 0 Å². The van der Waals surface area contributed by atoms with Crippen molar-refractivity contribution in [3.8, 4) is 11.5 Å². The van der Waals surface area contributed by atoms with E-state index in [2.05, 4.69) is 5.16 Å². The molecule has 0 spiro atoms. The molecule has 0 radical (unpaired) electrons. The number of benzene rings is 1. The second-order valence-corrected chi connectivity index (χ2v) is 5.98. The number of nitrogens with zero attached hydrogens (tertiary/aromatic N) is 2. The Balaban J connectivity index is 1.50. The molecule has 23 heavy (non-hydrogen) atoms. The maximum Gasteiger partial charge on any atom is 0.231 e. The maximum absolute atomic E-state index is 12.7. The Bertz CT molecular complexity index is 740. The summed E-state index contributed by atoms with van der Waals surface area (Å²) >= 11 is 0. The minimum Gasteiger partial charge on any atom is -0.454 e. The summed E-state index contributed by atoms with van der Waals surface area (Å²) in [6.07, 6.45) is 2.25. The van der Waals surface area contributed by atoms with Crippen LogP contribution in [-0.4, -0.2) is 29.3 Å². The highest BCUT2D eigenvalue weighted by Gasteiger charge is 2.32. The Hall–Kier alpha value is -2.50. The zero-order chi connectivity index (χ0) is 15.8. The molecule has 1 amide bonds. The van der Waals surface area contributed by atoms with E-state index in [0.29, 0.717) is 12.2 Å². The Kier molecular flexibility index (Phi) is 3.44. The summed E-state index contributed by atoms with van der Waals surface area (Å²) in [6, 6.07) is 7.56. The van der Waals surface area contributed by atoms with Crippen molar-refractivity contribution < 1.29 is 18.8 Å². The van der Waals surface area contributed by atoms with Gasteiger partial charge in [-0.05, 0) is 37.5 Å². The van der Waals surface area contributed by atoms with Gasteiger partial charge in [0.05, 0.1) is 18.2 Å². The molecule has 2 aliphatic rings. The molecule has 1 atom stereocenters. The van der Waals surface area contributed by atoms with Crippen LogP contribution < -0.4 is 9.47 Å². The van der Waals surface area contributed by atoms with Crippen LogP contribution in [0.2, 0.25) is 0 Å². The van der Waals surface area contributed by atoms with E-state index in [-0.39, 0.29) is 18.7 Å². The third-order valence-corrected chi connectivity index (χ3v) is 4.34. The van der Waals surface area contributed by atoms with Crippen LogP contribution >= 0.6 is 0 Å². The van der Waals surface area contributed by atoms with Gasteiger partial charge in [-0.1, -0.05) is 11.2 Å². The number of hydrogen-bond donors (Lipinski definition) is 0. The van der Waals surface area contributed by atoms with Crippen molar-refractivity contribution in [3.63, 3.8) is 0 Å². The number of fused-ring (bicyclic) bond motifs is 1. The van der Waals surface area contributed by atoms with Crippen LogP contribution in [0.15, 0.2) is 28.8 Å². The first-order valence-corrected chi connectivity index (χ1v) is 7.82. The highest BCUT2D eigenvalue weighted by atomic mass is 16.7. The molecule has 1 aromatic carbocycles. The Labute approximate surface area is 134 Å². The summed E-state index contributed by atoms with van der Waals surface area (Å²) in [4.78, 5) is 14.6. The van der Waals surface area contributed by atoms with E-state index in [1.54, 1.807) is 0 Å². The van der Waals surface area contributed by atoms with Gasteiger partial charge in [-0.2, -0.15) is 0 Å². The van der Waals surface area contributed by atoms with E-state index in [0.717, 1.165) is 42.2 Å². The van der Waals surface area contributed by atoms with Gasteiger partial charge in [-0.15, -0.1) is 0 Å².